The minimum absolute atomic E-state index is 0.632. The highest BCUT2D eigenvalue weighted by atomic mass is 79.9. The topological polar surface area (TPSA) is 29.0 Å². The Hall–Kier alpha value is -0.640. The van der Waals surface area contributed by atoms with Crippen molar-refractivity contribution in [3.8, 4) is 0 Å². The lowest BCUT2D eigenvalue weighted by atomic mass is 9.87. The van der Waals surface area contributed by atoms with Gasteiger partial charge in [-0.15, -0.1) is 0 Å². The van der Waals surface area contributed by atoms with Crippen LogP contribution in [-0.2, 0) is 0 Å². The highest BCUT2D eigenvalue weighted by Gasteiger charge is 2.22. The highest BCUT2D eigenvalue weighted by Crippen LogP contribution is 2.29. The third kappa shape index (κ3) is 3.18. The fourth-order valence-electron chi connectivity index (χ4n) is 2.51. The number of halogens is 1. The smallest absolute Gasteiger partial charge is 0.133 e. The zero-order valence-corrected chi connectivity index (χ0v) is 12.4. The number of aryl methyl sites for hydroxylation is 1. The molecule has 1 aromatic rings. The van der Waals surface area contributed by atoms with Gasteiger partial charge in [0, 0.05) is 19.2 Å². The van der Waals surface area contributed by atoms with Crippen LogP contribution < -0.4 is 4.90 Å². The summed E-state index contributed by atoms with van der Waals surface area (Å²) < 4.78 is 0.871. The molecular weight excluding hydrogens is 278 g/mol. The van der Waals surface area contributed by atoms with E-state index >= 15 is 0 Å². The summed E-state index contributed by atoms with van der Waals surface area (Å²) in [5.41, 5.74) is 0. The number of hydrogen-bond donors (Lipinski definition) is 0. The van der Waals surface area contributed by atoms with Crippen molar-refractivity contribution in [2.45, 2.75) is 45.6 Å². The van der Waals surface area contributed by atoms with E-state index in [-0.39, 0.29) is 0 Å². The van der Waals surface area contributed by atoms with Crippen molar-refractivity contribution in [2.24, 2.45) is 5.92 Å². The Bertz CT molecular complexity index is 366. The molecule has 0 spiro atoms. The van der Waals surface area contributed by atoms with E-state index in [1.807, 2.05) is 13.0 Å². The van der Waals surface area contributed by atoms with E-state index in [9.17, 15) is 0 Å². The number of anilines is 1. The van der Waals surface area contributed by atoms with Crippen LogP contribution in [0.1, 0.15) is 38.4 Å². The molecule has 94 valence electrons. The second kappa shape index (κ2) is 5.34. The quantitative estimate of drug-likeness (QED) is 0.782. The van der Waals surface area contributed by atoms with Crippen molar-refractivity contribution >= 4 is 21.7 Å². The van der Waals surface area contributed by atoms with E-state index < -0.39 is 0 Å². The summed E-state index contributed by atoms with van der Waals surface area (Å²) in [6.45, 7) is 4.28. The normalized spacial score (nSPS) is 24.7. The predicted molar refractivity (Wildman–Crippen MR) is 74.3 cm³/mol. The van der Waals surface area contributed by atoms with Crippen molar-refractivity contribution in [1.82, 2.24) is 9.97 Å². The molecule has 4 heteroatoms. The Kier molecular flexibility index (Phi) is 4.02. The van der Waals surface area contributed by atoms with Crippen LogP contribution in [0.25, 0.3) is 0 Å². The third-order valence-corrected chi connectivity index (χ3v) is 4.09. The van der Waals surface area contributed by atoms with E-state index in [0.717, 1.165) is 22.2 Å². The predicted octanol–water partition coefficient (Wildman–Crippen LogP) is 3.56. The first-order valence-corrected chi connectivity index (χ1v) is 7.09. The number of aromatic nitrogens is 2. The Morgan fingerprint density at radius 3 is 2.47 bits per heavy atom. The lowest BCUT2D eigenvalue weighted by molar-refractivity contribution is 0.340. The highest BCUT2D eigenvalue weighted by molar-refractivity contribution is 9.10. The first kappa shape index (κ1) is 12.8. The maximum atomic E-state index is 4.51. The van der Waals surface area contributed by atoms with Gasteiger partial charge in [0.1, 0.15) is 16.2 Å². The molecule has 1 heterocycles. The Labute approximate surface area is 112 Å². The van der Waals surface area contributed by atoms with Crippen molar-refractivity contribution in [1.29, 1.82) is 0 Å². The second-order valence-corrected chi connectivity index (χ2v) is 5.93. The van der Waals surface area contributed by atoms with E-state index in [1.165, 1.54) is 25.7 Å². The van der Waals surface area contributed by atoms with Gasteiger partial charge in [-0.2, -0.15) is 0 Å². The molecule has 0 aliphatic heterocycles. The van der Waals surface area contributed by atoms with Crippen LogP contribution in [0.15, 0.2) is 10.7 Å². The van der Waals surface area contributed by atoms with Crippen LogP contribution in [0.2, 0.25) is 0 Å². The first-order chi connectivity index (χ1) is 8.06. The molecule has 1 saturated carbocycles. The molecule has 0 atom stereocenters. The van der Waals surface area contributed by atoms with Gasteiger partial charge in [0.15, 0.2) is 0 Å². The number of rotatable bonds is 2. The molecule has 1 aliphatic carbocycles. The zero-order chi connectivity index (χ0) is 12.4. The Morgan fingerprint density at radius 1 is 1.24 bits per heavy atom. The Morgan fingerprint density at radius 2 is 1.88 bits per heavy atom. The summed E-state index contributed by atoms with van der Waals surface area (Å²) in [6, 6.07) is 2.64. The van der Waals surface area contributed by atoms with Gasteiger partial charge in [-0.1, -0.05) is 6.92 Å². The maximum absolute atomic E-state index is 4.51. The van der Waals surface area contributed by atoms with Gasteiger partial charge in [0.05, 0.1) is 0 Å². The monoisotopic (exact) mass is 297 g/mol. The van der Waals surface area contributed by atoms with Crippen molar-refractivity contribution < 1.29 is 0 Å². The zero-order valence-electron chi connectivity index (χ0n) is 10.8. The van der Waals surface area contributed by atoms with Gasteiger partial charge in [0.2, 0.25) is 0 Å². The van der Waals surface area contributed by atoms with Crippen LogP contribution >= 0.6 is 15.9 Å². The van der Waals surface area contributed by atoms with Crippen molar-refractivity contribution in [3.63, 3.8) is 0 Å². The molecule has 3 nitrogen and oxygen atoms in total. The van der Waals surface area contributed by atoms with Gasteiger partial charge < -0.3 is 4.90 Å². The molecule has 1 fully saturated rings. The first-order valence-electron chi connectivity index (χ1n) is 6.30. The van der Waals surface area contributed by atoms with Gasteiger partial charge in [-0.05, 0) is 54.5 Å². The molecule has 0 unspecified atom stereocenters. The second-order valence-electron chi connectivity index (χ2n) is 5.12. The largest absolute Gasteiger partial charge is 0.357 e. The van der Waals surface area contributed by atoms with E-state index in [1.54, 1.807) is 0 Å². The minimum atomic E-state index is 0.632. The van der Waals surface area contributed by atoms with Gasteiger partial charge in [-0.3, -0.25) is 0 Å². The van der Waals surface area contributed by atoms with Crippen LogP contribution in [0.4, 0.5) is 5.82 Å². The average Bonchev–Trinajstić information content (AvgIpc) is 2.28. The fourth-order valence-corrected chi connectivity index (χ4v) is 2.98. The molecule has 1 aliphatic rings. The lowest BCUT2D eigenvalue weighted by Gasteiger charge is -2.34. The summed E-state index contributed by atoms with van der Waals surface area (Å²) in [5, 5.41) is 0. The molecule has 2 rings (SSSR count). The number of hydrogen-bond acceptors (Lipinski definition) is 3. The summed E-state index contributed by atoms with van der Waals surface area (Å²) in [6.07, 6.45) is 5.22. The van der Waals surface area contributed by atoms with E-state index in [0.29, 0.717) is 6.04 Å². The lowest BCUT2D eigenvalue weighted by Crippen LogP contribution is -2.35. The number of nitrogens with zero attached hydrogens (tertiary/aromatic N) is 3. The maximum Gasteiger partial charge on any atom is 0.133 e. The summed E-state index contributed by atoms with van der Waals surface area (Å²) in [7, 11) is 2.15. The van der Waals surface area contributed by atoms with Crippen molar-refractivity contribution in [2.75, 3.05) is 11.9 Å². The van der Waals surface area contributed by atoms with Crippen LogP contribution in [0.3, 0.4) is 0 Å². The Balaban J connectivity index is 2.10. The molecule has 0 aromatic carbocycles. The summed E-state index contributed by atoms with van der Waals surface area (Å²) in [5.74, 6) is 2.74. The molecule has 1 aromatic heterocycles. The van der Waals surface area contributed by atoms with Crippen LogP contribution in [-0.4, -0.2) is 23.1 Å². The molecule has 0 N–H and O–H groups in total. The summed E-state index contributed by atoms with van der Waals surface area (Å²) >= 11 is 3.44. The molecule has 0 bridgehead atoms. The van der Waals surface area contributed by atoms with E-state index in [4.69, 9.17) is 0 Å². The standard InChI is InChI=1S/C13H20BrN3/c1-9-4-6-11(7-5-9)17(3)13-8-12(14)15-10(2)16-13/h8-9,11H,4-7H2,1-3H3. The minimum Gasteiger partial charge on any atom is -0.357 e. The molecule has 0 saturated heterocycles. The summed E-state index contributed by atoms with van der Waals surface area (Å²) in [4.78, 5) is 11.1. The molecule has 17 heavy (non-hydrogen) atoms. The van der Waals surface area contributed by atoms with Gasteiger partial charge in [-0.25, -0.2) is 9.97 Å². The third-order valence-electron chi connectivity index (χ3n) is 3.69. The average molecular weight is 298 g/mol. The van der Waals surface area contributed by atoms with Gasteiger partial charge in [0.25, 0.3) is 0 Å². The van der Waals surface area contributed by atoms with Crippen LogP contribution in [0.5, 0.6) is 0 Å². The van der Waals surface area contributed by atoms with Gasteiger partial charge >= 0.3 is 0 Å². The molecule has 0 radical (unpaired) electrons. The molecule has 0 amide bonds. The fraction of sp³-hybridized carbons (Fsp3) is 0.692. The van der Waals surface area contributed by atoms with Crippen LogP contribution in [0, 0.1) is 12.8 Å². The van der Waals surface area contributed by atoms with Crippen molar-refractivity contribution in [3.05, 3.63) is 16.5 Å². The SMILES string of the molecule is Cc1nc(Br)cc(N(C)C2CCC(C)CC2)n1. The van der Waals surface area contributed by atoms with E-state index in [2.05, 4.69) is 44.8 Å². The molecular formula is C13H20BrN3.